The fourth-order valence-electron chi connectivity index (χ4n) is 1.58. The maximum atomic E-state index is 11.6. The van der Waals surface area contributed by atoms with Crippen LogP contribution >= 0.6 is 11.8 Å². The third kappa shape index (κ3) is 7.84. The number of benzene rings is 1. The van der Waals surface area contributed by atoms with Crippen molar-refractivity contribution in [2.24, 2.45) is 0 Å². The third-order valence-electron chi connectivity index (χ3n) is 2.53. The molecule has 110 valence electrons. The van der Waals surface area contributed by atoms with Crippen molar-refractivity contribution < 1.29 is 14.3 Å². The van der Waals surface area contributed by atoms with E-state index in [4.69, 9.17) is 4.74 Å². The number of carbonyl (C=O) groups is 2. The summed E-state index contributed by atoms with van der Waals surface area (Å²) in [6, 6.07) is 10.1. The second-order valence-electron chi connectivity index (χ2n) is 4.24. The zero-order chi connectivity index (χ0) is 14.6. The van der Waals surface area contributed by atoms with E-state index in [1.54, 1.807) is 18.7 Å². The van der Waals surface area contributed by atoms with Crippen LogP contribution in [0, 0.1) is 0 Å². The Hall–Kier alpha value is -1.49. The summed E-state index contributed by atoms with van der Waals surface area (Å²) in [6.45, 7) is 2.70. The average molecular weight is 295 g/mol. The van der Waals surface area contributed by atoms with Crippen LogP contribution in [-0.2, 0) is 20.1 Å². The molecule has 0 spiro atoms. The fourth-order valence-corrected chi connectivity index (χ4v) is 2.40. The largest absolute Gasteiger partial charge is 0.466 e. The summed E-state index contributed by atoms with van der Waals surface area (Å²) in [4.78, 5) is 22.6. The van der Waals surface area contributed by atoms with E-state index in [0.29, 0.717) is 31.7 Å². The van der Waals surface area contributed by atoms with E-state index in [1.807, 2.05) is 30.3 Å². The second kappa shape index (κ2) is 10.3. The SMILES string of the molecule is CCOC(=O)CCCNC(=O)CSCc1ccccc1. The smallest absolute Gasteiger partial charge is 0.305 e. The van der Waals surface area contributed by atoms with Crippen molar-refractivity contribution in [1.82, 2.24) is 5.32 Å². The zero-order valence-electron chi connectivity index (χ0n) is 11.8. The second-order valence-corrected chi connectivity index (χ2v) is 5.22. The Labute approximate surface area is 124 Å². The summed E-state index contributed by atoms with van der Waals surface area (Å²) in [7, 11) is 0. The van der Waals surface area contributed by atoms with Gasteiger partial charge in [0.1, 0.15) is 0 Å². The lowest BCUT2D eigenvalue weighted by Gasteiger charge is -2.05. The molecule has 0 heterocycles. The Kier molecular flexibility index (Phi) is 8.54. The Morgan fingerprint density at radius 2 is 2.00 bits per heavy atom. The van der Waals surface area contributed by atoms with Gasteiger partial charge in [0.2, 0.25) is 5.91 Å². The van der Waals surface area contributed by atoms with Crippen LogP contribution in [0.2, 0.25) is 0 Å². The highest BCUT2D eigenvalue weighted by atomic mass is 32.2. The van der Waals surface area contributed by atoms with Crippen molar-refractivity contribution in [2.45, 2.75) is 25.5 Å². The van der Waals surface area contributed by atoms with E-state index in [9.17, 15) is 9.59 Å². The molecular weight excluding hydrogens is 274 g/mol. The van der Waals surface area contributed by atoms with Gasteiger partial charge in [-0.3, -0.25) is 9.59 Å². The lowest BCUT2D eigenvalue weighted by atomic mass is 10.2. The first kappa shape index (κ1) is 16.6. The molecule has 5 heteroatoms. The van der Waals surface area contributed by atoms with Gasteiger partial charge in [-0.1, -0.05) is 30.3 Å². The number of ether oxygens (including phenoxy) is 1. The standard InChI is InChI=1S/C15H21NO3S/c1-2-19-15(18)9-6-10-16-14(17)12-20-11-13-7-4-3-5-8-13/h3-5,7-8H,2,6,9-12H2,1H3,(H,16,17). The van der Waals surface area contributed by atoms with Crippen LogP contribution in [0.4, 0.5) is 0 Å². The Balaban J connectivity index is 2.02. The van der Waals surface area contributed by atoms with Gasteiger partial charge in [-0.2, -0.15) is 0 Å². The van der Waals surface area contributed by atoms with Gasteiger partial charge in [-0.05, 0) is 18.9 Å². The number of rotatable bonds is 9. The van der Waals surface area contributed by atoms with Gasteiger partial charge in [0.15, 0.2) is 0 Å². The Morgan fingerprint density at radius 3 is 2.70 bits per heavy atom. The zero-order valence-corrected chi connectivity index (χ0v) is 12.6. The highest BCUT2D eigenvalue weighted by Gasteiger charge is 2.04. The van der Waals surface area contributed by atoms with Crippen LogP contribution in [0.25, 0.3) is 0 Å². The average Bonchev–Trinajstić information content (AvgIpc) is 2.45. The van der Waals surface area contributed by atoms with Crippen LogP contribution in [0.15, 0.2) is 30.3 Å². The fraction of sp³-hybridized carbons (Fsp3) is 0.467. The molecule has 0 saturated heterocycles. The molecule has 0 aliphatic carbocycles. The van der Waals surface area contributed by atoms with E-state index in [2.05, 4.69) is 5.32 Å². The predicted octanol–water partition coefficient (Wildman–Crippen LogP) is 2.38. The first-order valence-electron chi connectivity index (χ1n) is 6.76. The highest BCUT2D eigenvalue weighted by molar-refractivity contribution is 7.99. The molecule has 0 bridgehead atoms. The molecule has 1 rings (SSSR count). The maximum Gasteiger partial charge on any atom is 0.305 e. The van der Waals surface area contributed by atoms with Crippen molar-refractivity contribution in [3.05, 3.63) is 35.9 Å². The molecule has 0 atom stereocenters. The molecule has 0 aliphatic rings. The van der Waals surface area contributed by atoms with Crippen molar-refractivity contribution in [3.63, 3.8) is 0 Å². The minimum absolute atomic E-state index is 0.00906. The topological polar surface area (TPSA) is 55.4 Å². The molecule has 0 unspecified atom stereocenters. The first-order valence-corrected chi connectivity index (χ1v) is 7.92. The molecule has 1 amide bonds. The number of nitrogens with one attached hydrogen (secondary N) is 1. The molecule has 0 aliphatic heterocycles. The first-order chi connectivity index (χ1) is 9.72. The van der Waals surface area contributed by atoms with Gasteiger partial charge in [0.05, 0.1) is 12.4 Å². The predicted molar refractivity (Wildman–Crippen MR) is 81.5 cm³/mol. The molecular formula is C15H21NO3S. The molecule has 0 aromatic heterocycles. The summed E-state index contributed by atoms with van der Waals surface area (Å²) in [6.07, 6.45) is 0.971. The molecule has 0 saturated carbocycles. The van der Waals surface area contributed by atoms with Gasteiger partial charge in [0.25, 0.3) is 0 Å². The Bertz CT molecular complexity index is 409. The van der Waals surface area contributed by atoms with E-state index < -0.39 is 0 Å². The number of hydrogen-bond donors (Lipinski definition) is 1. The van der Waals surface area contributed by atoms with Crippen molar-refractivity contribution in [1.29, 1.82) is 0 Å². The van der Waals surface area contributed by atoms with E-state index in [0.717, 1.165) is 5.75 Å². The van der Waals surface area contributed by atoms with E-state index in [-0.39, 0.29) is 11.9 Å². The van der Waals surface area contributed by atoms with Crippen molar-refractivity contribution in [2.75, 3.05) is 18.9 Å². The van der Waals surface area contributed by atoms with Crippen LogP contribution in [0.3, 0.4) is 0 Å². The minimum Gasteiger partial charge on any atom is -0.466 e. The summed E-state index contributed by atoms with van der Waals surface area (Å²) in [5, 5.41) is 2.80. The third-order valence-corrected chi connectivity index (χ3v) is 3.53. The summed E-state index contributed by atoms with van der Waals surface area (Å²) in [5.41, 5.74) is 1.22. The Morgan fingerprint density at radius 1 is 1.25 bits per heavy atom. The monoisotopic (exact) mass is 295 g/mol. The van der Waals surface area contributed by atoms with Gasteiger partial charge in [0, 0.05) is 18.7 Å². The normalized spacial score (nSPS) is 10.1. The van der Waals surface area contributed by atoms with Crippen LogP contribution in [-0.4, -0.2) is 30.8 Å². The molecule has 0 radical (unpaired) electrons. The number of hydrogen-bond acceptors (Lipinski definition) is 4. The van der Waals surface area contributed by atoms with Crippen LogP contribution in [0.5, 0.6) is 0 Å². The molecule has 4 nitrogen and oxygen atoms in total. The number of esters is 1. The van der Waals surface area contributed by atoms with E-state index >= 15 is 0 Å². The summed E-state index contributed by atoms with van der Waals surface area (Å²) in [5.74, 6) is 1.07. The highest BCUT2D eigenvalue weighted by Crippen LogP contribution is 2.10. The quantitative estimate of drug-likeness (QED) is 0.561. The van der Waals surface area contributed by atoms with Crippen LogP contribution in [0.1, 0.15) is 25.3 Å². The maximum absolute atomic E-state index is 11.6. The molecule has 1 aromatic carbocycles. The van der Waals surface area contributed by atoms with E-state index in [1.165, 1.54) is 5.56 Å². The number of amides is 1. The molecule has 0 fully saturated rings. The van der Waals surface area contributed by atoms with Gasteiger partial charge in [-0.25, -0.2) is 0 Å². The lowest BCUT2D eigenvalue weighted by Crippen LogP contribution is -2.26. The number of thioether (sulfide) groups is 1. The van der Waals surface area contributed by atoms with Crippen LogP contribution < -0.4 is 5.32 Å². The summed E-state index contributed by atoms with van der Waals surface area (Å²) >= 11 is 1.58. The van der Waals surface area contributed by atoms with Gasteiger partial charge >= 0.3 is 5.97 Å². The van der Waals surface area contributed by atoms with Gasteiger partial charge in [-0.15, -0.1) is 11.8 Å². The number of carbonyl (C=O) groups excluding carboxylic acids is 2. The molecule has 20 heavy (non-hydrogen) atoms. The molecule has 1 aromatic rings. The van der Waals surface area contributed by atoms with Crippen molar-refractivity contribution >= 4 is 23.6 Å². The minimum atomic E-state index is -0.208. The lowest BCUT2D eigenvalue weighted by molar-refractivity contribution is -0.143. The molecule has 1 N–H and O–H groups in total. The van der Waals surface area contributed by atoms with Crippen molar-refractivity contribution in [3.8, 4) is 0 Å². The van der Waals surface area contributed by atoms with Gasteiger partial charge < -0.3 is 10.1 Å². The summed E-state index contributed by atoms with van der Waals surface area (Å²) < 4.78 is 4.81.